The fraction of sp³-hybridized carbons (Fsp3) is 0.448. The Hall–Kier alpha value is -3.46. The van der Waals surface area contributed by atoms with Crippen LogP contribution in [0.25, 0.3) is 5.65 Å². The number of nitrogens with two attached hydrogens (primary N) is 1. The van der Waals surface area contributed by atoms with E-state index in [-0.39, 0.29) is 11.4 Å². The van der Waals surface area contributed by atoms with Crippen molar-refractivity contribution in [2.24, 2.45) is 5.73 Å². The number of aromatic nitrogens is 2. The maximum Gasteiger partial charge on any atom is 0.410 e. The zero-order valence-electron chi connectivity index (χ0n) is 22.4. The number of amides is 1. The highest BCUT2D eigenvalue weighted by Crippen LogP contribution is 2.42. The lowest BCUT2D eigenvalue weighted by Crippen LogP contribution is -2.55. The Balaban J connectivity index is 1.67. The number of rotatable bonds is 7. The van der Waals surface area contributed by atoms with Crippen molar-refractivity contribution in [1.82, 2.24) is 14.3 Å². The van der Waals surface area contributed by atoms with Gasteiger partial charge in [-0.05, 0) is 57.2 Å². The van der Waals surface area contributed by atoms with E-state index in [0.29, 0.717) is 12.8 Å². The number of carbonyl (C=O) groups excluding carboxylic acids is 2. The molecule has 0 aliphatic heterocycles. The summed E-state index contributed by atoms with van der Waals surface area (Å²) >= 11 is 5.64. The van der Waals surface area contributed by atoms with E-state index in [2.05, 4.69) is 4.98 Å². The Kier molecular flexibility index (Phi) is 8.06. The van der Waals surface area contributed by atoms with Gasteiger partial charge in [-0.2, -0.15) is 0 Å². The molecule has 1 fully saturated rings. The Labute approximate surface area is 229 Å². The van der Waals surface area contributed by atoms with Crippen LogP contribution in [0.3, 0.4) is 0 Å². The van der Waals surface area contributed by atoms with Gasteiger partial charge in [0.15, 0.2) is 0 Å². The largest absolute Gasteiger partial charge is 0.459 e. The van der Waals surface area contributed by atoms with Crippen molar-refractivity contribution >= 4 is 34.9 Å². The Morgan fingerprint density at radius 3 is 2.63 bits per heavy atom. The van der Waals surface area contributed by atoms with E-state index in [1.54, 1.807) is 34.0 Å². The van der Waals surface area contributed by atoms with Crippen LogP contribution in [0.1, 0.15) is 57.6 Å². The van der Waals surface area contributed by atoms with Crippen LogP contribution in [-0.4, -0.2) is 56.1 Å². The molecule has 0 spiro atoms. The second-order valence-electron chi connectivity index (χ2n) is 10.9. The van der Waals surface area contributed by atoms with Gasteiger partial charge in [0.2, 0.25) is 0 Å². The number of hydrogen-bond acceptors (Lipinski definition) is 6. The molecule has 2 unspecified atom stereocenters. The number of thiocarbonyl (C=S) groups is 1. The third kappa shape index (κ3) is 5.83. The topological polar surface area (TPSA) is 99.2 Å². The van der Waals surface area contributed by atoms with E-state index in [0.717, 1.165) is 29.6 Å². The van der Waals surface area contributed by atoms with Gasteiger partial charge in [0.1, 0.15) is 23.4 Å². The Bertz CT molecular complexity index is 1300. The van der Waals surface area contributed by atoms with E-state index in [4.69, 9.17) is 27.4 Å². The molecular weight excluding hydrogens is 500 g/mol. The van der Waals surface area contributed by atoms with E-state index in [1.165, 1.54) is 4.90 Å². The van der Waals surface area contributed by atoms with Gasteiger partial charge in [0.05, 0.1) is 10.4 Å². The van der Waals surface area contributed by atoms with Gasteiger partial charge in [0, 0.05) is 32.1 Å². The number of fused-ring (bicyclic) bond motifs is 1. The van der Waals surface area contributed by atoms with Crippen molar-refractivity contribution in [3.05, 3.63) is 72.2 Å². The summed E-state index contributed by atoms with van der Waals surface area (Å²) in [7, 11) is 1.57. The molecule has 1 amide bonds. The van der Waals surface area contributed by atoms with Gasteiger partial charge < -0.3 is 19.6 Å². The van der Waals surface area contributed by atoms with Gasteiger partial charge in [-0.1, -0.05) is 55.0 Å². The van der Waals surface area contributed by atoms with Crippen LogP contribution in [0.5, 0.6) is 0 Å². The lowest BCUT2D eigenvalue weighted by Gasteiger charge is -2.43. The molecule has 0 saturated heterocycles. The summed E-state index contributed by atoms with van der Waals surface area (Å²) in [5, 5.41) is 0. The normalized spacial score (nSPS) is 20.5. The number of ether oxygens (including phenoxy) is 2. The zero-order valence-corrected chi connectivity index (χ0v) is 23.2. The van der Waals surface area contributed by atoms with Gasteiger partial charge in [0.25, 0.3) is 0 Å². The third-order valence-corrected chi connectivity index (χ3v) is 7.50. The maximum atomic E-state index is 13.9. The number of likely N-dealkylation sites (N-methyl/N-ethyl adjacent to an activating group) is 1. The van der Waals surface area contributed by atoms with Gasteiger partial charge in [-0.3, -0.25) is 4.90 Å². The molecule has 1 aliphatic carbocycles. The third-order valence-electron chi connectivity index (χ3n) is 7.13. The molecule has 38 heavy (non-hydrogen) atoms. The summed E-state index contributed by atoms with van der Waals surface area (Å²) in [6.45, 7) is 5.37. The fourth-order valence-corrected chi connectivity index (χ4v) is 5.49. The van der Waals surface area contributed by atoms with Crippen LogP contribution in [0.15, 0.2) is 61.1 Å². The lowest BCUT2D eigenvalue weighted by atomic mass is 9.67. The first-order chi connectivity index (χ1) is 18.0. The Morgan fingerprint density at radius 1 is 1.21 bits per heavy atom. The molecule has 1 aromatic carbocycles. The summed E-state index contributed by atoms with van der Waals surface area (Å²) in [4.78, 5) is 32.8. The molecule has 9 heteroatoms. The molecule has 8 nitrogen and oxygen atoms in total. The molecule has 4 rings (SSSR count). The highest BCUT2D eigenvalue weighted by molar-refractivity contribution is 7.80. The summed E-state index contributed by atoms with van der Waals surface area (Å²) in [5.74, 6) is -0.515. The minimum atomic E-state index is -0.894. The zero-order chi connectivity index (χ0) is 27.5. The van der Waals surface area contributed by atoms with Crippen molar-refractivity contribution in [2.75, 3.05) is 7.05 Å². The average Bonchev–Trinajstić information content (AvgIpc) is 3.34. The van der Waals surface area contributed by atoms with Crippen molar-refractivity contribution in [3.63, 3.8) is 0 Å². The van der Waals surface area contributed by atoms with E-state index in [9.17, 15) is 9.59 Å². The van der Waals surface area contributed by atoms with Gasteiger partial charge in [-0.25, -0.2) is 14.6 Å². The Morgan fingerprint density at radius 2 is 1.95 bits per heavy atom. The van der Waals surface area contributed by atoms with Crippen LogP contribution >= 0.6 is 12.2 Å². The molecule has 1 saturated carbocycles. The van der Waals surface area contributed by atoms with Crippen LogP contribution < -0.4 is 5.73 Å². The summed E-state index contributed by atoms with van der Waals surface area (Å²) in [6, 6.07) is 12.5. The second-order valence-corrected chi connectivity index (χ2v) is 11.4. The van der Waals surface area contributed by atoms with Gasteiger partial charge in [-0.15, -0.1) is 0 Å². The number of esters is 1. The molecule has 3 atom stereocenters. The first-order valence-electron chi connectivity index (χ1n) is 12.9. The summed E-state index contributed by atoms with van der Waals surface area (Å²) in [6.07, 6.45) is 7.71. The van der Waals surface area contributed by atoms with Crippen molar-refractivity contribution in [3.8, 4) is 0 Å². The van der Waals surface area contributed by atoms with E-state index in [1.807, 2.05) is 59.3 Å². The van der Waals surface area contributed by atoms with Crippen molar-refractivity contribution < 1.29 is 19.1 Å². The summed E-state index contributed by atoms with van der Waals surface area (Å²) in [5.41, 5.74) is 7.48. The molecule has 2 N–H and O–H groups in total. The predicted molar refractivity (Wildman–Crippen MR) is 150 cm³/mol. The quantitative estimate of drug-likeness (QED) is 0.341. The molecule has 2 aromatic heterocycles. The maximum absolute atomic E-state index is 13.9. The molecule has 202 valence electrons. The van der Waals surface area contributed by atoms with E-state index >= 15 is 0 Å². The summed E-state index contributed by atoms with van der Waals surface area (Å²) < 4.78 is 13.8. The van der Waals surface area contributed by atoms with E-state index < -0.39 is 35.2 Å². The van der Waals surface area contributed by atoms with Crippen LogP contribution in [0, 0.1) is 0 Å². The molecule has 0 bridgehead atoms. The van der Waals surface area contributed by atoms with Crippen LogP contribution in [0.2, 0.25) is 0 Å². The monoisotopic (exact) mass is 536 g/mol. The van der Waals surface area contributed by atoms with Crippen LogP contribution in [-0.2, 0) is 26.1 Å². The van der Waals surface area contributed by atoms with Crippen LogP contribution in [0.4, 0.5) is 4.79 Å². The molecular formula is C29H36N4O4S. The highest BCUT2D eigenvalue weighted by atomic mass is 32.1. The number of imidazole rings is 1. The number of pyridine rings is 1. The molecule has 1 aliphatic rings. The number of benzene rings is 1. The van der Waals surface area contributed by atoms with Crippen molar-refractivity contribution in [1.29, 1.82) is 0 Å². The van der Waals surface area contributed by atoms with Gasteiger partial charge >= 0.3 is 12.1 Å². The first kappa shape index (κ1) is 27.6. The SMILES string of the molecule is CN(C(=O)OC(C)(C)C)[C@@H](Cc1ccccc1)C(=O)OC1CCCCC1(C(N)=S)c1ccc2nccn2c1. The number of nitrogens with zero attached hydrogens (tertiary/aromatic N) is 3. The lowest BCUT2D eigenvalue weighted by molar-refractivity contribution is -0.159. The smallest absolute Gasteiger partial charge is 0.410 e. The molecule has 2 heterocycles. The first-order valence-corrected chi connectivity index (χ1v) is 13.4. The second kappa shape index (κ2) is 11.1. The van der Waals surface area contributed by atoms with Crippen molar-refractivity contribution in [2.45, 2.75) is 76.0 Å². The minimum Gasteiger partial charge on any atom is -0.459 e. The predicted octanol–water partition coefficient (Wildman–Crippen LogP) is 4.82. The highest BCUT2D eigenvalue weighted by Gasteiger charge is 2.48. The average molecular weight is 537 g/mol. The molecule has 3 aromatic rings. The minimum absolute atomic E-state index is 0.281. The molecule has 0 radical (unpaired) electrons. The number of hydrogen-bond donors (Lipinski definition) is 1. The fourth-order valence-electron chi connectivity index (χ4n) is 5.13. The standard InChI is InChI=1S/C29H36N4O4S/c1-28(2,3)37-27(35)32(4)22(18-20-10-6-5-7-11-20)25(34)36-23-12-8-9-15-29(23,26(30)38)21-13-14-24-31-16-17-33(24)19-21/h5-7,10-11,13-14,16-17,19,22-23H,8-9,12,15,18H2,1-4H3,(H2,30,38)/t22-,23?,29?/m0/s1. The number of carbonyl (C=O) groups is 2.